The van der Waals surface area contributed by atoms with Gasteiger partial charge in [0.25, 0.3) is 11.2 Å². The van der Waals surface area contributed by atoms with E-state index in [9.17, 15) is 14.9 Å². The van der Waals surface area contributed by atoms with Crippen molar-refractivity contribution < 1.29 is 9.66 Å². The number of hydrogen-bond donors (Lipinski definition) is 0. The lowest BCUT2D eigenvalue weighted by atomic mass is 9.88. The molecule has 0 saturated heterocycles. The van der Waals surface area contributed by atoms with Crippen LogP contribution in [0.5, 0.6) is 5.75 Å². The van der Waals surface area contributed by atoms with Crippen molar-refractivity contribution in [1.29, 1.82) is 0 Å². The van der Waals surface area contributed by atoms with Gasteiger partial charge >= 0.3 is 0 Å². The molecular weight excluding hydrogens is 527 g/mol. The summed E-state index contributed by atoms with van der Waals surface area (Å²) in [4.78, 5) is 29.3. The van der Waals surface area contributed by atoms with Gasteiger partial charge in [-0.25, -0.2) is 4.98 Å². The van der Waals surface area contributed by atoms with E-state index in [-0.39, 0.29) is 23.8 Å². The highest BCUT2D eigenvalue weighted by Crippen LogP contribution is 2.32. The lowest BCUT2D eigenvalue weighted by Crippen LogP contribution is -2.25. The van der Waals surface area contributed by atoms with E-state index >= 15 is 0 Å². The lowest BCUT2D eigenvalue weighted by Gasteiger charge is -2.22. The van der Waals surface area contributed by atoms with Crippen LogP contribution in [0, 0.1) is 10.1 Å². The number of halogens is 2. The normalized spacial score (nSPS) is 14.3. The van der Waals surface area contributed by atoms with Gasteiger partial charge in [0.1, 0.15) is 18.2 Å². The van der Waals surface area contributed by atoms with Crippen molar-refractivity contribution in [3.8, 4) is 5.75 Å². The van der Waals surface area contributed by atoms with Crippen molar-refractivity contribution in [3.05, 3.63) is 108 Å². The third-order valence-electron chi connectivity index (χ3n) is 6.64. The number of ether oxygens (including phenoxy) is 1. The standard InChI is InChI=1S/C28H24Cl2N4O4/c29-23-12-10-18(14-24(23)30)17-38-26-13-11-21(34(36)37)15-20(26)16-31-33-27(19-6-2-1-3-7-19)32-25-9-5-4-8-22(25)28(33)35/h4-5,8-16,19H,1-3,6-7,17H2. The van der Waals surface area contributed by atoms with Gasteiger partial charge < -0.3 is 4.74 Å². The zero-order valence-electron chi connectivity index (χ0n) is 20.3. The Kier molecular flexibility index (Phi) is 7.72. The molecule has 4 aromatic rings. The Balaban J connectivity index is 1.54. The van der Waals surface area contributed by atoms with Gasteiger partial charge in [0.05, 0.1) is 32.1 Å². The Morgan fingerprint density at radius 1 is 1.05 bits per heavy atom. The summed E-state index contributed by atoms with van der Waals surface area (Å²) in [5.74, 6) is 1.08. The second-order valence-electron chi connectivity index (χ2n) is 9.20. The molecule has 1 aliphatic carbocycles. The van der Waals surface area contributed by atoms with Crippen LogP contribution in [0.1, 0.15) is 55.0 Å². The molecule has 38 heavy (non-hydrogen) atoms. The summed E-state index contributed by atoms with van der Waals surface area (Å²) < 4.78 is 7.30. The quantitative estimate of drug-likeness (QED) is 0.138. The molecule has 0 bridgehead atoms. The fraction of sp³-hybridized carbons (Fsp3) is 0.250. The first-order valence-corrected chi connectivity index (χ1v) is 13.1. The van der Waals surface area contributed by atoms with E-state index in [0.717, 1.165) is 37.7 Å². The Morgan fingerprint density at radius 3 is 2.61 bits per heavy atom. The van der Waals surface area contributed by atoms with Crippen molar-refractivity contribution >= 4 is 46.0 Å². The number of fused-ring (bicyclic) bond motifs is 1. The maximum atomic E-state index is 13.5. The van der Waals surface area contributed by atoms with Crippen LogP contribution < -0.4 is 10.3 Å². The number of hydrogen-bond acceptors (Lipinski definition) is 6. The van der Waals surface area contributed by atoms with Crippen molar-refractivity contribution in [2.24, 2.45) is 5.10 Å². The van der Waals surface area contributed by atoms with Crippen LogP contribution >= 0.6 is 23.2 Å². The molecule has 8 nitrogen and oxygen atoms in total. The minimum Gasteiger partial charge on any atom is -0.488 e. The van der Waals surface area contributed by atoms with Crippen molar-refractivity contribution in [2.45, 2.75) is 44.6 Å². The highest BCUT2D eigenvalue weighted by atomic mass is 35.5. The molecule has 3 aromatic carbocycles. The number of nitro groups is 1. The van der Waals surface area contributed by atoms with Crippen LogP contribution in [0.4, 0.5) is 5.69 Å². The van der Waals surface area contributed by atoms with Gasteiger partial charge in [-0.05, 0) is 48.7 Å². The van der Waals surface area contributed by atoms with Crippen molar-refractivity contribution in [2.75, 3.05) is 0 Å². The molecule has 0 atom stereocenters. The van der Waals surface area contributed by atoms with E-state index in [4.69, 9.17) is 32.9 Å². The first-order valence-electron chi connectivity index (χ1n) is 12.3. The number of aromatic nitrogens is 2. The maximum absolute atomic E-state index is 13.5. The summed E-state index contributed by atoms with van der Waals surface area (Å²) in [6.45, 7) is 0.153. The van der Waals surface area contributed by atoms with Gasteiger partial charge in [-0.15, -0.1) is 0 Å². The Morgan fingerprint density at radius 2 is 1.84 bits per heavy atom. The molecule has 0 amide bonds. The zero-order valence-corrected chi connectivity index (χ0v) is 21.9. The van der Waals surface area contributed by atoms with Gasteiger partial charge in [0, 0.05) is 23.6 Å². The Labute approximate surface area is 228 Å². The molecule has 0 aliphatic heterocycles. The summed E-state index contributed by atoms with van der Waals surface area (Å²) in [7, 11) is 0. The van der Waals surface area contributed by atoms with E-state index < -0.39 is 4.92 Å². The Hall–Kier alpha value is -3.75. The van der Waals surface area contributed by atoms with Gasteiger partial charge in [-0.1, -0.05) is 60.7 Å². The molecule has 194 valence electrons. The molecule has 0 unspecified atom stereocenters. The number of nitro benzene ring substituents is 1. The van der Waals surface area contributed by atoms with Crippen molar-refractivity contribution in [1.82, 2.24) is 9.66 Å². The molecule has 1 saturated carbocycles. The average molecular weight is 551 g/mol. The molecule has 0 radical (unpaired) electrons. The SMILES string of the molecule is O=c1c2ccccc2nc(C2CCCCC2)n1N=Cc1cc([N+](=O)[O-])ccc1OCc1ccc(Cl)c(Cl)c1. The predicted molar refractivity (Wildman–Crippen MR) is 149 cm³/mol. The summed E-state index contributed by atoms with van der Waals surface area (Å²) in [6, 6.07) is 16.6. The number of nitrogens with zero attached hydrogens (tertiary/aromatic N) is 4. The number of benzene rings is 3. The summed E-state index contributed by atoms with van der Waals surface area (Å²) in [5, 5.41) is 17.3. The molecule has 0 N–H and O–H groups in total. The molecule has 1 aliphatic rings. The third kappa shape index (κ3) is 5.56. The zero-order chi connectivity index (χ0) is 26.6. The van der Waals surface area contributed by atoms with E-state index in [0.29, 0.717) is 38.1 Å². The van der Waals surface area contributed by atoms with E-state index in [1.807, 2.05) is 12.1 Å². The number of non-ortho nitro benzene ring substituents is 1. The van der Waals surface area contributed by atoms with Crippen LogP contribution in [0.25, 0.3) is 10.9 Å². The first kappa shape index (κ1) is 25.9. The van der Waals surface area contributed by atoms with E-state index in [1.54, 1.807) is 30.3 Å². The monoisotopic (exact) mass is 550 g/mol. The first-order chi connectivity index (χ1) is 18.4. The molecule has 10 heteroatoms. The number of rotatable bonds is 7. The fourth-order valence-corrected chi connectivity index (χ4v) is 4.99. The van der Waals surface area contributed by atoms with Crippen LogP contribution in [0.3, 0.4) is 0 Å². The highest BCUT2D eigenvalue weighted by Gasteiger charge is 2.22. The van der Waals surface area contributed by atoms with Gasteiger partial charge in [-0.3, -0.25) is 14.9 Å². The average Bonchev–Trinajstić information content (AvgIpc) is 2.93. The summed E-state index contributed by atoms with van der Waals surface area (Å²) in [6.07, 6.45) is 6.56. The predicted octanol–water partition coefficient (Wildman–Crippen LogP) is 7.12. The fourth-order valence-electron chi connectivity index (χ4n) is 4.67. The minimum atomic E-state index is -0.489. The number of para-hydroxylation sites is 1. The molecule has 1 aromatic heterocycles. The van der Waals surface area contributed by atoms with E-state index in [2.05, 4.69) is 5.10 Å². The Bertz CT molecular complexity index is 1600. The molecule has 0 spiro atoms. The highest BCUT2D eigenvalue weighted by molar-refractivity contribution is 6.42. The van der Waals surface area contributed by atoms with Crippen LogP contribution in [0.15, 0.2) is 70.6 Å². The second-order valence-corrected chi connectivity index (χ2v) is 10.0. The smallest absolute Gasteiger partial charge is 0.282 e. The second kappa shape index (κ2) is 11.3. The lowest BCUT2D eigenvalue weighted by molar-refractivity contribution is -0.384. The molecular formula is C28H24Cl2N4O4. The molecule has 5 rings (SSSR count). The molecule has 1 fully saturated rings. The van der Waals surface area contributed by atoms with Crippen LogP contribution in [0.2, 0.25) is 10.0 Å². The molecule has 1 heterocycles. The maximum Gasteiger partial charge on any atom is 0.282 e. The van der Waals surface area contributed by atoms with Crippen LogP contribution in [-0.2, 0) is 6.61 Å². The summed E-state index contributed by atoms with van der Waals surface area (Å²) >= 11 is 12.1. The van der Waals surface area contributed by atoms with Crippen LogP contribution in [-0.4, -0.2) is 20.8 Å². The van der Waals surface area contributed by atoms with Gasteiger partial charge in [0.15, 0.2) is 0 Å². The third-order valence-corrected chi connectivity index (χ3v) is 7.38. The van der Waals surface area contributed by atoms with Gasteiger partial charge in [-0.2, -0.15) is 9.78 Å². The van der Waals surface area contributed by atoms with E-state index in [1.165, 1.54) is 29.1 Å². The largest absolute Gasteiger partial charge is 0.488 e. The summed E-state index contributed by atoms with van der Waals surface area (Å²) in [5.41, 5.74) is 1.36. The van der Waals surface area contributed by atoms with Gasteiger partial charge in [0.2, 0.25) is 0 Å². The van der Waals surface area contributed by atoms with Crippen molar-refractivity contribution in [3.63, 3.8) is 0 Å². The minimum absolute atomic E-state index is 0.105. The topological polar surface area (TPSA) is 99.6 Å².